The van der Waals surface area contributed by atoms with Crippen LogP contribution in [0.15, 0.2) is 17.5 Å². The van der Waals surface area contributed by atoms with Crippen molar-refractivity contribution in [3.63, 3.8) is 0 Å². The largest absolute Gasteiger partial charge is 0.353 e. The first-order valence-electron chi connectivity index (χ1n) is 5.58. The van der Waals surface area contributed by atoms with Gasteiger partial charge in [0, 0.05) is 23.3 Å². The molecule has 0 bridgehead atoms. The van der Waals surface area contributed by atoms with Crippen LogP contribution >= 0.6 is 11.3 Å². The van der Waals surface area contributed by atoms with Gasteiger partial charge in [0.25, 0.3) is 0 Å². The summed E-state index contributed by atoms with van der Waals surface area (Å²) in [5, 5.41) is 5.17. The van der Waals surface area contributed by atoms with Crippen molar-refractivity contribution in [3.8, 4) is 0 Å². The van der Waals surface area contributed by atoms with E-state index in [2.05, 4.69) is 29.8 Å². The average molecular weight is 223 g/mol. The molecule has 15 heavy (non-hydrogen) atoms. The monoisotopic (exact) mass is 223 g/mol. The second-order valence-electron chi connectivity index (χ2n) is 4.32. The van der Waals surface area contributed by atoms with E-state index in [1.807, 2.05) is 0 Å². The van der Waals surface area contributed by atoms with Crippen LogP contribution in [0.25, 0.3) is 0 Å². The Balaban J connectivity index is 1.76. The molecular formula is C12H17NOS. The van der Waals surface area contributed by atoms with Crippen molar-refractivity contribution in [1.82, 2.24) is 5.32 Å². The van der Waals surface area contributed by atoms with Crippen LogP contribution in [0, 0.1) is 5.92 Å². The Morgan fingerprint density at radius 3 is 3.00 bits per heavy atom. The Kier molecular flexibility index (Phi) is 3.41. The number of rotatable bonds is 4. The van der Waals surface area contributed by atoms with Crippen molar-refractivity contribution < 1.29 is 4.79 Å². The Bertz CT molecular complexity index is 316. The summed E-state index contributed by atoms with van der Waals surface area (Å²) in [7, 11) is 0. The summed E-state index contributed by atoms with van der Waals surface area (Å²) in [4.78, 5) is 13.0. The van der Waals surface area contributed by atoms with E-state index in [-0.39, 0.29) is 11.9 Å². The first kappa shape index (κ1) is 10.7. The molecule has 82 valence electrons. The predicted octanol–water partition coefficient (Wildman–Crippen LogP) is 2.60. The minimum absolute atomic E-state index is 0.255. The minimum Gasteiger partial charge on any atom is -0.353 e. The van der Waals surface area contributed by atoms with E-state index in [0.29, 0.717) is 5.92 Å². The lowest BCUT2D eigenvalue weighted by molar-refractivity contribution is -0.127. The normalized spacial score (nSPS) is 18.2. The SMILES string of the molecule is C[C@@H](Cc1cccs1)NC(=O)C1CCC1. The smallest absolute Gasteiger partial charge is 0.223 e. The standard InChI is InChI=1S/C12H17NOS/c1-9(8-11-6-3-7-15-11)13-12(14)10-4-2-5-10/h3,6-7,9-10H,2,4-5,8H2,1H3,(H,13,14)/t9-/m0/s1. The Morgan fingerprint density at radius 1 is 1.67 bits per heavy atom. The van der Waals surface area contributed by atoms with E-state index in [1.54, 1.807) is 11.3 Å². The molecule has 0 aromatic carbocycles. The van der Waals surface area contributed by atoms with Gasteiger partial charge in [-0.1, -0.05) is 12.5 Å². The summed E-state index contributed by atoms with van der Waals surface area (Å²) in [5.74, 6) is 0.557. The van der Waals surface area contributed by atoms with Crippen LogP contribution in [-0.2, 0) is 11.2 Å². The molecule has 3 heteroatoms. The van der Waals surface area contributed by atoms with Crippen LogP contribution in [0.4, 0.5) is 0 Å². The van der Waals surface area contributed by atoms with Gasteiger partial charge in [-0.3, -0.25) is 4.79 Å². The summed E-state index contributed by atoms with van der Waals surface area (Å²) < 4.78 is 0. The molecule has 0 unspecified atom stereocenters. The average Bonchev–Trinajstić information content (AvgIpc) is 2.52. The van der Waals surface area contributed by atoms with Crippen LogP contribution in [0.2, 0.25) is 0 Å². The lowest BCUT2D eigenvalue weighted by atomic mass is 9.84. The lowest BCUT2D eigenvalue weighted by Gasteiger charge is -2.26. The van der Waals surface area contributed by atoms with Gasteiger partial charge in [-0.15, -0.1) is 11.3 Å². The Hall–Kier alpha value is -0.830. The molecule has 1 aromatic heterocycles. The van der Waals surface area contributed by atoms with Crippen molar-refractivity contribution >= 4 is 17.2 Å². The zero-order chi connectivity index (χ0) is 10.7. The summed E-state index contributed by atoms with van der Waals surface area (Å²) >= 11 is 1.76. The van der Waals surface area contributed by atoms with Crippen LogP contribution in [-0.4, -0.2) is 11.9 Å². The highest BCUT2D eigenvalue weighted by atomic mass is 32.1. The van der Waals surface area contributed by atoms with Crippen molar-refractivity contribution in [2.75, 3.05) is 0 Å². The van der Waals surface area contributed by atoms with Gasteiger partial charge in [0.15, 0.2) is 0 Å². The van der Waals surface area contributed by atoms with Gasteiger partial charge in [0.1, 0.15) is 0 Å². The molecule has 1 aliphatic rings. The number of hydrogen-bond donors (Lipinski definition) is 1. The second-order valence-corrected chi connectivity index (χ2v) is 5.35. The number of amides is 1. The fourth-order valence-corrected chi connectivity index (χ4v) is 2.65. The third kappa shape index (κ3) is 2.81. The molecular weight excluding hydrogens is 206 g/mol. The molecule has 1 aromatic rings. The maximum absolute atomic E-state index is 11.7. The lowest BCUT2D eigenvalue weighted by Crippen LogP contribution is -2.40. The van der Waals surface area contributed by atoms with E-state index in [9.17, 15) is 4.79 Å². The Labute approximate surface area is 94.7 Å². The maximum Gasteiger partial charge on any atom is 0.223 e. The highest BCUT2D eigenvalue weighted by Gasteiger charge is 2.25. The van der Waals surface area contributed by atoms with Crippen molar-refractivity contribution in [2.24, 2.45) is 5.92 Å². The van der Waals surface area contributed by atoms with Gasteiger partial charge in [-0.2, -0.15) is 0 Å². The van der Waals surface area contributed by atoms with Crippen LogP contribution in [0.1, 0.15) is 31.1 Å². The third-order valence-corrected chi connectivity index (χ3v) is 3.85. The van der Waals surface area contributed by atoms with E-state index < -0.39 is 0 Å². The second kappa shape index (κ2) is 4.79. The van der Waals surface area contributed by atoms with Crippen LogP contribution in [0.3, 0.4) is 0 Å². The van der Waals surface area contributed by atoms with Crippen LogP contribution < -0.4 is 5.32 Å². The summed E-state index contributed by atoms with van der Waals surface area (Å²) in [5.41, 5.74) is 0. The molecule has 0 saturated heterocycles. The van der Waals surface area contributed by atoms with Gasteiger partial charge in [-0.05, 0) is 31.2 Å². The summed E-state index contributed by atoms with van der Waals surface area (Å²) in [6, 6.07) is 4.44. The molecule has 0 spiro atoms. The molecule has 1 atom stereocenters. The van der Waals surface area contributed by atoms with Crippen molar-refractivity contribution in [1.29, 1.82) is 0 Å². The molecule has 1 N–H and O–H groups in total. The van der Waals surface area contributed by atoms with Crippen molar-refractivity contribution in [3.05, 3.63) is 22.4 Å². The molecule has 2 nitrogen and oxygen atoms in total. The van der Waals surface area contributed by atoms with Gasteiger partial charge < -0.3 is 5.32 Å². The molecule has 1 aliphatic carbocycles. The van der Waals surface area contributed by atoms with Crippen LogP contribution in [0.5, 0.6) is 0 Å². The fraction of sp³-hybridized carbons (Fsp3) is 0.583. The molecule has 1 saturated carbocycles. The van der Waals surface area contributed by atoms with Gasteiger partial charge >= 0.3 is 0 Å². The highest BCUT2D eigenvalue weighted by molar-refractivity contribution is 7.09. The van der Waals surface area contributed by atoms with Gasteiger partial charge in [0.2, 0.25) is 5.91 Å². The van der Waals surface area contributed by atoms with E-state index in [4.69, 9.17) is 0 Å². The molecule has 1 amide bonds. The van der Waals surface area contributed by atoms with E-state index >= 15 is 0 Å². The quantitative estimate of drug-likeness (QED) is 0.835. The first-order chi connectivity index (χ1) is 7.25. The topological polar surface area (TPSA) is 29.1 Å². The van der Waals surface area contributed by atoms with Crippen molar-refractivity contribution in [2.45, 2.75) is 38.6 Å². The number of carbonyl (C=O) groups excluding carboxylic acids is 1. The fourth-order valence-electron chi connectivity index (χ4n) is 1.81. The molecule has 1 fully saturated rings. The maximum atomic E-state index is 11.7. The Morgan fingerprint density at radius 2 is 2.47 bits per heavy atom. The summed E-state index contributed by atoms with van der Waals surface area (Å²) in [6.07, 6.45) is 4.34. The summed E-state index contributed by atoms with van der Waals surface area (Å²) in [6.45, 7) is 2.08. The minimum atomic E-state index is 0.255. The van der Waals surface area contributed by atoms with E-state index in [0.717, 1.165) is 19.3 Å². The zero-order valence-corrected chi connectivity index (χ0v) is 9.85. The third-order valence-electron chi connectivity index (χ3n) is 2.95. The molecule has 1 heterocycles. The highest BCUT2D eigenvalue weighted by Crippen LogP contribution is 2.26. The number of hydrogen-bond acceptors (Lipinski definition) is 2. The number of nitrogens with one attached hydrogen (secondary N) is 1. The molecule has 0 aliphatic heterocycles. The number of thiophene rings is 1. The molecule has 0 radical (unpaired) electrons. The zero-order valence-electron chi connectivity index (χ0n) is 9.03. The number of carbonyl (C=O) groups is 1. The van der Waals surface area contributed by atoms with Gasteiger partial charge in [0.05, 0.1) is 0 Å². The van der Waals surface area contributed by atoms with Gasteiger partial charge in [-0.25, -0.2) is 0 Å². The predicted molar refractivity (Wildman–Crippen MR) is 63.0 cm³/mol. The first-order valence-corrected chi connectivity index (χ1v) is 6.46. The molecule has 2 rings (SSSR count). The van der Waals surface area contributed by atoms with E-state index in [1.165, 1.54) is 11.3 Å².